The van der Waals surface area contributed by atoms with Crippen molar-refractivity contribution in [2.24, 2.45) is 0 Å². The average Bonchev–Trinajstić information content (AvgIpc) is 3.42. The molecule has 1 unspecified atom stereocenters. The first-order chi connectivity index (χ1) is 18.9. The number of amides is 1. The maximum atomic E-state index is 13.6. The van der Waals surface area contributed by atoms with E-state index in [0.717, 1.165) is 19.6 Å². The zero-order chi connectivity index (χ0) is 27.5. The van der Waals surface area contributed by atoms with Crippen molar-refractivity contribution in [3.05, 3.63) is 65.1 Å². The fraction of sp³-hybridized carbons (Fsp3) is 0.414. The van der Waals surface area contributed by atoms with Crippen LogP contribution in [0.15, 0.2) is 48.2 Å². The lowest BCUT2D eigenvalue weighted by molar-refractivity contribution is -0.140. The van der Waals surface area contributed by atoms with Gasteiger partial charge >= 0.3 is 0 Å². The zero-order valence-electron chi connectivity index (χ0n) is 22.6. The first-order valence-electron chi connectivity index (χ1n) is 13.3. The van der Waals surface area contributed by atoms with E-state index in [9.17, 15) is 14.7 Å². The van der Waals surface area contributed by atoms with Crippen molar-refractivity contribution in [3.63, 3.8) is 0 Å². The summed E-state index contributed by atoms with van der Waals surface area (Å²) >= 11 is 0. The number of Topliss-reactive ketones (excluding diaryl/α,β-unsaturated/α-hetero) is 1. The van der Waals surface area contributed by atoms with Gasteiger partial charge in [-0.05, 0) is 50.1 Å². The summed E-state index contributed by atoms with van der Waals surface area (Å²) in [4.78, 5) is 35.4. The number of morpholine rings is 1. The van der Waals surface area contributed by atoms with Crippen LogP contribution in [0.1, 0.15) is 36.3 Å². The maximum Gasteiger partial charge on any atom is 0.295 e. The van der Waals surface area contributed by atoms with E-state index in [1.807, 2.05) is 31.2 Å². The molecule has 10 nitrogen and oxygen atoms in total. The molecule has 0 spiro atoms. The number of aromatic nitrogens is 2. The molecular formula is C29H34N4O6. The number of benzene rings is 1. The Bertz CT molecular complexity index is 1410. The molecular weight excluding hydrogens is 500 g/mol. The standard InChI is InChI=1S/C29H34N4O6/c1-4-39-21-10-9-20(18-22(21)37-3)26-24(27(34)25-19(2)30-23-8-5-6-12-32(23)25)28(35)29(36)33(26)13-7-11-31-14-16-38-17-15-31/h5-6,8-10,12,18,26,34H,4,7,11,13-17H2,1-3H3/b27-24+. The predicted octanol–water partition coefficient (Wildman–Crippen LogP) is 3.19. The number of fused-ring (bicyclic) bond motifs is 1. The molecule has 1 N–H and O–H groups in total. The number of carbonyl (C=O) groups is 2. The Labute approximate surface area is 227 Å². The van der Waals surface area contributed by atoms with Gasteiger partial charge in [0.1, 0.15) is 11.3 Å². The van der Waals surface area contributed by atoms with Crippen LogP contribution in [0, 0.1) is 6.92 Å². The summed E-state index contributed by atoms with van der Waals surface area (Å²) in [6.45, 7) is 8.30. The van der Waals surface area contributed by atoms with Gasteiger partial charge in [0, 0.05) is 32.4 Å². The Morgan fingerprint density at radius 1 is 1.13 bits per heavy atom. The van der Waals surface area contributed by atoms with Crippen molar-refractivity contribution in [2.75, 3.05) is 53.1 Å². The zero-order valence-corrected chi connectivity index (χ0v) is 22.6. The first kappa shape index (κ1) is 26.7. The number of hydrogen-bond acceptors (Lipinski definition) is 8. The van der Waals surface area contributed by atoms with E-state index in [1.54, 1.807) is 41.7 Å². The van der Waals surface area contributed by atoms with Crippen molar-refractivity contribution in [1.29, 1.82) is 0 Å². The summed E-state index contributed by atoms with van der Waals surface area (Å²) in [5, 5.41) is 11.7. The van der Waals surface area contributed by atoms with Crippen molar-refractivity contribution in [2.45, 2.75) is 26.3 Å². The van der Waals surface area contributed by atoms with Crippen LogP contribution in [0.5, 0.6) is 11.5 Å². The molecule has 39 heavy (non-hydrogen) atoms. The van der Waals surface area contributed by atoms with Crippen LogP contribution in [0.25, 0.3) is 11.4 Å². The Morgan fingerprint density at radius 3 is 2.67 bits per heavy atom. The number of ketones is 1. The minimum absolute atomic E-state index is 0.0336. The van der Waals surface area contributed by atoms with E-state index in [2.05, 4.69) is 9.88 Å². The molecule has 2 saturated heterocycles. The summed E-state index contributed by atoms with van der Waals surface area (Å²) in [5.74, 6) is -0.562. The normalized spacial score (nSPS) is 19.7. The van der Waals surface area contributed by atoms with Gasteiger partial charge in [-0.2, -0.15) is 0 Å². The van der Waals surface area contributed by atoms with Gasteiger partial charge in [0.15, 0.2) is 17.3 Å². The van der Waals surface area contributed by atoms with Gasteiger partial charge in [-0.25, -0.2) is 4.98 Å². The molecule has 0 saturated carbocycles. The third-order valence-corrected chi connectivity index (χ3v) is 7.25. The Kier molecular flexibility index (Phi) is 7.85. The minimum Gasteiger partial charge on any atom is -0.505 e. The number of rotatable bonds is 9. The van der Waals surface area contributed by atoms with Gasteiger partial charge in [-0.15, -0.1) is 0 Å². The second-order valence-electron chi connectivity index (χ2n) is 9.62. The van der Waals surface area contributed by atoms with Crippen molar-refractivity contribution in [1.82, 2.24) is 19.2 Å². The topological polar surface area (TPSA) is 106 Å². The summed E-state index contributed by atoms with van der Waals surface area (Å²) < 4.78 is 18.4. The highest BCUT2D eigenvalue weighted by molar-refractivity contribution is 6.46. The van der Waals surface area contributed by atoms with Gasteiger partial charge in [-0.3, -0.25) is 18.9 Å². The molecule has 2 aliphatic heterocycles. The van der Waals surface area contributed by atoms with Crippen molar-refractivity contribution in [3.8, 4) is 11.5 Å². The van der Waals surface area contributed by atoms with Crippen LogP contribution < -0.4 is 9.47 Å². The number of aliphatic hydroxyl groups excluding tert-OH is 1. The average molecular weight is 535 g/mol. The van der Waals surface area contributed by atoms with Crippen molar-refractivity contribution < 1.29 is 28.9 Å². The summed E-state index contributed by atoms with van der Waals surface area (Å²) in [6.07, 6.45) is 2.45. The largest absolute Gasteiger partial charge is 0.505 e. The molecule has 0 aliphatic carbocycles. The van der Waals surface area contributed by atoms with Crippen LogP contribution in [-0.4, -0.2) is 89.1 Å². The van der Waals surface area contributed by atoms with Gasteiger partial charge in [0.2, 0.25) is 0 Å². The number of methoxy groups -OCH3 is 1. The Morgan fingerprint density at radius 2 is 1.92 bits per heavy atom. The number of likely N-dealkylation sites (tertiary alicyclic amines) is 1. The molecule has 2 aliphatic rings. The molecule has 1 aromatic carbocycles. The van der Waals surface area contributed by atoms with Crippen LogP contribution in [0.3, 0.4) is 0 Å². The summed E-state index contributed by atoms with van der Waals surface area (Å²) in [5.41, 5.74) is 2.26. The SMILES string of the molecule is CCOc1ccc(C2/C(=C(\O)c3c(C)nc4ccccn34)C(=O)C(=O)N2CCCN2CCOCC2)cc1OC. The fourth-order valence-electron chi connectivity index (χ4n) is 5.40. The lowest BCUT2D eigenvalue weighted by Crippen LogP contribution is -2.39. The van der Waals surface area contributed by atoms with Crippen LogP contribution in [0.2, 0.25) is 0 Å². The quantitative estimate of drug-likeness (QED) is 0.254. The molecule has 3 aromatic rings. The molecule has 0 bridgehead atoms. The summed E-state index contributed by atoms with van der Waals surface area (Å²) in [6, 6.07) is 10.1. The minimum atomic E-state index is -0.798. The highest BCUT2D eigenvalue weighted by atomic mass is 16.5. The monoisotopic (exact) mass is 534 g/mol. The molecule has 2 fully saturated rings. The lowest BCUT2D eigenvalue weighted by atomic mass is 9.95. The van der Waals surface area contributed by atoms with E-state index in [1.165, 1.54) is 0 Å². The highest BCUT2D eigenvalue weighted by Gasteiger charge is 2.46. The smallest absolute Gasteiger partial charge is 0.295 e. The third-order valence-electron chi connectivity index (χ3n) is 7.25. The fourth-order valence-corrected chi connectivity index (χ4v) is 5.40. The van der Waals surface area contributed by atoms with Gasteiger partial charge in [0.25, 0.3) is 11.7 Å². The van der Waals surface area contributed by atoms with Gasteiger partial charge < -0.3 is 24.2 Å². The molecule has 1 atom stereocenters. The van der Waals surface area contributed by atoms with E-state index in [-0.39, 0.29) is 11.3 Å². The molecule has 10 heteroatoms. The number of hydrogen-bond donors (Lipinski definition) is 1. The highest BCUT2D eigenvalue weighted by Crippen LogP contribution is 2.42. The van der Waals surface area contributed by atoms with Crippen LogP contribution in [0.4, 0.5) is 0 Å². The molecule has 1 amide bonds. The Hall–Kier alpha value is -3.89. The van der Waals surface area contributed by atoms with E-state index >= 15 is 0 Å². The van der Waals surface area contributed by atoms with Crippen LogP contribution >= 0.6 is 0 Å². The second-order valence-corrected chi connectivity index (χ2v) is 9.62. The van der Waals surface area contributed by atoms with E-state index < -0.39 is 17.7 Å². The summed E-state index contributed by atoms with van der Waals surface area (Å²) in [7, 11) is 1.54. The molecule has 2 aromatic heterocycles. The van der Waals surface area contributed by atoms with E-state index in [4.69, 9.17) is 14.2 Å². The molecule has 206 valence electrons. The number of ether oxygens (including phenoxy) is 3. The number of nitrogens with zero attached hydrogens (tertiary/aromatic N) is 4. The Balaban J connectivity index is 1.58. The second kappa shape index (κ2) is 11.5. The number of pyridine rings is 1. The van der Waals surface area contributed by atoms with Crippen molar-refractivity contribution >= 4 is 23.1 Å². The predicted molar refractivity (Wildman–Crippen MR) is 145 cm³/mol. The first-order valence-corrected chi connectivity index (χ1v) is 13.3. The number of imidazole rings is 1. The van der Waals surface area contributed by atoms with Crippen LogP contribution in [-0.2, 0) is 14.3 Å². The molecule has 0 radical (unpaired) electrons. The molecule has 4 heterocycles. The van der Waals surface area contributed by atoms with Gasteiger partial charge in [0.05, 0.1) is 44.2 Å². The number of aliphatic hydroxyl groups is 1. The molecule has 5 rings (SSSR count). The maximum absolute atomic E-state index is 13.6. The lowest BCUT2D eigenvalue weighted by Gasteiger charge is -2.29. The number of aryl methyl sites for hydroxylation is 1. The van der Waals surface area contributed by atoms with E-state index in [0.29, 0.717) is 66.9 Å². The number of carbonyl (C=O) groups excluding carboxylic acids is 2. The van der Waals surface area contributed by atoms with Gasteiger partial charge in [-0.1, -0.05) is 12.1 Å². The third kappa shape index (κ3) is 5.09.